The van der Waals surface area contributed by atoms with Crippen LogP contribution in [0.1, 0.15) is 37.4 Å². The topological polar surface area (TPSA) is 70.7 Å². The fourth-order valence-corrected chi connectivity index (χ4v) is 4.16. The molecule has 1 heterocycles. The van der Waals surface area contributed by atoms with Crippen LogP contribution in [0.2, 0.25) is 0 Å². The maximum Gasteiger partial charge on any atom is 0.231 e. The van der Waals surface area contributed by atoms with E-state index in [1.807, 2.05) is 18.2 Å². The van der Waals surface area contributed by atoms with Crippen molar-refractivity contribution in [1.82, 2.24) is 5.32 Å². The Labute approximate surface area is 178 Å². The predicted octanol–water partition coefficient (Wildman–Crippen LogP) is 3.98. The minimum absolute atomic E-state index is 0.00975. The van der Waals surface area contributed by atoms with Gasteiger partial charge in [-0.1, -0.05) is 23.8 Å². The molecule has 0 spiro atoms. The molecular formula is C21H27N3O3S2. The molecule has 0 amide bonds. The largest absolute Gasteiger partial charge is 0.487 e. The van der Waals surface area contributed by atoms with Crippen molar-refractivity contribution in [3.63, 3.8) is 0 Å². The quantitative estimate of drug-likeness (QED) is 0.711. The highest BCUT2D eigenvalue weighted by molar-refractivity contribution is 7.92. The van der Waals surface area contributed by atoms with Crippen molar-refractivity contribution in [2.45, 2.75) is 38.8 Å². The molecule has 0 radical (unpaired) electrons. The summed E-state index contributed by atoms with van der Waals surface area (Å²) in [5, 5.41) is 7.03. The summed E-state index contributed by atoms with van der Waals surface area (Å²) < 4.78 is 30.9. The Morgan fingerprint density at radius 3 is 2.66 bits per heavy atom. The molecule has 156 valence electrons. The summed E-state index contributed by atoms with van der Waals surface area (Å²) in [5.41, 5.74) is 3.21. The Hall–Kier alpha value is -2.32. The normalized spacial score (nSPS) is 17.6. The SMILES string of the molecule is Cc1ccc2c(c1)C(NC(=S)Nc1cccc(N(C)S(C)(=O)=O)c1)CC(C)(C)O2. The van der Waals surface area contributed by atoms with Gasteiger partial charge in [0.1, 0.15) is 11.4 Å². The number of benzene rings is 2. The van der Waals surface area contributed by atoms with Crippen LogP contribution in [0.25, 0.3) is 0 Å². The van der Waals surface area contributed by atoms with Crippen LogP contribution in [0, 0.1) is 6.92 Å². The number of aryl methyl sites for hydroxylation is 1. The molecular weight excluding hydrogens is 406 g/mol. The maximum absolute atomic E-state index is 11.8. The Kier molecular flexibility index (Phi) is 5.78. The zero-order valence-corrected chi connectivity index (χ0v) is 18.9. The van der Waals surface area contributed by atoms with Crippen LogP contribution < -0.4 is 19.7 Å². The van der Waals surface area contributed by atoms with Crippen molar-refractivity contribution < 1.29 is 13.2 Å². The Morgan fingerprint density at radius 2 is 1.97 bits per heavy atom. The molecule has 0 fully saturated rings. The van der Waals surface area contributed by atoms with Gasteiger partial charge in [-0.25, -0.2) is 8.42 Å². The van der Waals surface area contributed by atoms with E-state index in [1.165, 1.54) is 17.6 Å². The van der Waals surface area contributed by atoms with Gasteiger partial charge < -0.3 is 15.4 Å². The summed E-state index contributed by atoms with van der Waals surface area (Å²) in [5.74, 6) is 0.865. The van der Waals surface area contributed by atoms with Gasteiger partial charge in [0.2, 0.25) is 10.0 Å². The number of rotatable bonds is 4. The van der Waals surface area contributed by atoms with Crippen LogP contribution in [-0.4, -0.2) is 32.4 Å². The molecule has 29 heavy (non-hydrogen) atoms. The third-order valence-corrected chi connectivity index (χ3v) is 6.32. The van der Waals surface area contributed by atoms with Gasteiger partial charge in [-0.3, -0.25) is 4.31 Å². The highest BCUT2D eigenvalue weighted by Gasteiger charge is 2.34. The third kappa shape index (κ3) is 5.19. The molecule has 1 aliphatic rings. The van der Waals surface area contributed by atoms with Gasteiger partial charge in [0, 0.05) is 24.7 Å². The van der Waals surface area contributed by atoms with Crippen molar-refractivity contribution in [3.05, 3.63) is 53.6 Å². The summed E-state index contributed by atoms with van der Waals surface area (Å²) in [7, 11) is -1.81. The number of thiocarbonyl (C=S) groups is 1. The summed E-state index contributed by atoms with van der Waals surface area (Å²) in [6, 6.07) is 13.3. The second kappa shape index (κ2) is 7.84. The van der Waals surface area contributed by atoms with Gasteiger partial charge in [-0.15, -0.1) is 0 Å². The second-order valence-corrected chi connectivity index (χ2v) is 10.5. The number of ether oxygens (including phenoxy) is 1. The Balaban J connectivity index is 1.77. The van der Waals surface area contributed by atoms with E-state index >= 15 is 0 Å². The highest BCUT2D eigenvalue weighted by atomic mass is 32.2. The molecule has 0 saturated heterocycles. The van der Waals surface area contributed by atoms with E-state index in [1.54, 1.807) is 18.2 Å². The predicted molar refractivity (Wildman–Crippen MR) is 122 cm³/mol. The second-order valence-electron chi connectivity index (χ2n) is 8.04. The lowest BCUT2D eigenvalue weighted by Crippen LogP contribution is -2.42. The van der Waals surface area contributed by atoms with Crippen LogP contribution >= 0.6 is 12.2 Å². The van der Waals surface area contributed by atoms with E-state index in [0.717, 1.165) is 23.3 Å². The Bertz CT molecular complexity index is 1040. The molecule has 1 aliphatic heterocycles. The smallest absolute Gasteiger partial charge is 0.231 e. The van der Waals surface area contributed by atoms with Gasteiger partial charge in [0.15, 0.2) is 5.11 Å². The molecule has 2 N–H and O–H groups in total. The molecule has 8 heteroatoms. The summed E-state index contributed by atoms with van der Waals surface area (Å²) in [6.07, 6.45) is 1.94. The molecule has 0 saturated carbocycles. The first kappa shape index (κ1) is 21.4. The summed E-state index contributed by atoms with van der Waals surface area (Å²) in [4.78, 5) is 0. The highest BCUT2D eigenvalue weighted by Crippen LogP contribution is 2.39. The van der Waals surface area contributed by atoms with Crippen molar-refractivity contribution >= 4 is 38.7 Å². The molecule has 2 aromatic carbocycles. The minimum Gasteiger partial charge on any atom is -0.487 e. The van der Waals surface area contributed by atoms with Crippen LogP contribution in [-0.2, 0) is 10.0 Å². The standard InChI is InChI=1S/C21H27N3O3S2/c1-14-9-10-19-17(11-14)18(13-21(2,3)27-19)23-20(28)22-15-7-6-8-16(12-15)24(4)29(5,25)26/h6-12,18H,13H2,1-5H3,(H2,22,23,28). The number of nitrogens with zero attached hydrogens (tertiary/aromatic N) is 1. The average molecular weight is 434 g/mol. The van der Waals surface area contributed by atoms with Gasteiger partial charge in [-0.05, 0) is 57.3 Å². The van der Waals surface area contributed by atoms with Crippen molar-refractivity contribution in [2.75, 3.05) is 22.9 Å². The molecule has 3 rings (SSSR count). The number of hydrogen-bond donors (Lipinski definition) is 2. The molecule has 0 aliphatic carbocycles. The van der Waals surface area contributed by atoms with Crippen molar-refractivity contribution in [1.29, 1.82) is 0 Å². The maximum atomic E-state index is 11.8. The summed E-state index contributed by atoms with van der Waals surface area (Å²) >= 11 is 5.54. The van der Waals surface area contributed by atoms with E-state index in [4.69, 9.17) is 17.0 Å². The van der Waals surface area contributed by atoms with Gasteiger partial charge >= 0.3 is 0 Å². The number of nitrogens with one attached hydrogen (secondary N) is 2. The van der Waals surface area contributed by atoms with Crippen LogP contribution in [0.5, 0.6) is 5.75 Å². The lowest BCUT2D eigenvalue weighted by atomic mass is 9.89. The van der Waals surface area contributed by atoms with Gasteiger partial charge in [0.05, 0.1) is 18.0 Å². The van der Waals surface area contributed by atoms with Crippen molar-refractivity contribution in [3.8, 4) is 5.75 Å². The molecule has 0 aromatic heterocycles. The van der Waals surface area contributed by atoms with E-state index in [9.17, 15) is 8.42 Å². The lowest BCUT2D eigenvalue weighted by molar-refractivity contribution is 0.0696. The van der Waals surface area contributed by atoms with E-state index in [-0.39, 0.29) is 11.6 Å². The third-order valence-electron chi connectivity index (χ3n) is 4.89. The first-order valence-electron chi connectivity index (χ1n) is 9.36. The Morgan fingerprint density at radius 1 is 1.24 bits per heavy atom. The first-order chi connectivity index (χ1) is 13.4. The first-order valence-corrected chi connectivity index (χ1v) is 11.6. The number of fused-ring (bicyclic) bond motifs is 1. The molecule has 2 aromatic rings. The average Bonchev–Trinajstić information content (AvgIpc) is 2.60. The van der Waals surface area contributed by atoms with Gasteiger partial charge in [-0.2, -0.15) is 0 Å². The zero-order chi connectivity index (χ0) is 21.4. The number of hydrogen-bond acceptors (Lipinski definition) is 4. The van der Waals surface area contributed by atoms with Crippen molar-refractivity contribution in [2.24, 2.45) is 0 Å². The molecule has 1 atom stereocenters. The fraction of sp³-hybridized carbons (Fsp3) is 0.381. The van der Waals surface area contributed by atoms with Crippen LogP contribution in [0.3, 0.4) is 0 Å². The lowest BCUT2D eigenvalue weighted by Gasteiger charge is -2.38. The summed E-state index contributed by atoms with van der Waals surface area (Å²) in [6.45, 7) is 6.17. The molecule has 0 bridgehead atoms. The van der Waals surface area contributed by atoms with E-state index in [0.29, 0.717) is 16.5 Å². The van der Waals surface area contributed by atoms with E-state index < -0.39 is 10.0 Å². The zero-order valence-electron chi connectivity index (χ0n) is 17.3. The van der Waals surface area contributed by atoms with E-state index in [2.05, 4.69) is 37.5 Å². The van der Waals surface area contributed by atoms with Gasteiger partial charge in [0.25, 0.3) is 0 Å². The monoisotopic (exact) mass is 433 g/mol. The van der Waals surface area contributed by atoms with Crippen LogP contribution in [0.4, 0.5) is 11.4 Å². The van der Waals surface area contributed by atoms with Crippen LogP contribution in [0.15, 0.2) is 42.5 Å². The fourth-order valence-electron chi connectivity index (χ4n) is 3.40. The number of sulfonamides is 1. The number of anilines is 2. The molecule has 1 unspecified atom stereocenters. The minimum atomic E-state index is -3.33. The molecule has 6 nitrogen and oxygen atoms in total.